The van der Waals surface area contributed by atoms with Crippen LogP contribution in [0.15, 0.2) is 0 Å². The molecule has 0 amide bonds. The van der Waals surface area contributed by atoms with Crippen molar-refractivity contribution in [1.29, 1.82) is 0 Å². The van der Waals surface area contributed by atoms with Gasteiger partial charge in [0.05, 0.1) is 11.5 Å². The average molecular weight is 174 g/mol. The molecule has 2 aliphatic rings. The van der Waals surface area contributed by atoms with E-state index in [9.17, 15) is 8.42 Å². The highest BCUT2D eigenvalue weighted by Crippen LogP contribution is 2.31. The van der Waals surface area contributed by atoms with E-state index >= 15 is 0 Å². The normalized spacial score (nSPS) is 42.6. The Kier molecular flexibility index (Phi) is 1.51. The van der Waals surface area contributed by atoms with Gasteiger partial charge < -0.3 is 4.90 Å². The van der Waals surface area contributed by atoms with E-state index in [4.69, 9.17) is 0 Å². The molecule has 0 aromatic carbocycles. The van der Waals surface area contributed by atoms with Gasteiger partial charge >= 0.3 is 0 Å². The second-order valence-electron chi connectivity index (χ2n) is 3.63. The van der Waals surface area contributed by atoms with Gasteiger partial charge in [-0.1, -0.05) is 0 Å². The van der Waals surface area contributed by atoms with Gasteiger partial charge in [0.2, 0.25) is 0 Å². The van der Waals surface area contributed by atoms with E-state index < -0.39 is 9.84 Å². The number of sulfone groups is 1. The van der Waals surface area contributed by atoms with Crippen LogP contribution in [0, 0.1) is 18.9 Å². The van der Waals surface area contributed by atoms with E-state index in [0.29, 0.717) is 23.3 Å². The molecule has 0 bridgehead atoms. The van der Waals surface area contributed by atoms with Crippen LogP contribution in [0.3, 0.4) is 0 Å². The molecule has 64 valence electrons. The van der Waals surface area contributed by atoms with E-state index in [1.54, 1.807) is 0 Å². The smallest absolute Gasteiger partial charge is 0.150 e. The SMILES string of the molecule is [CH2-]N1C[C@@H]2CS(=O)(=O)C[C@@H]2C1. The van der Waals surface area contributed by atoms with Crippen LogP contribution < -0.4 is 0 Å². The minimum Gasteiger partial charge on any atom is -0.459 e. The van der Waals surface area contributed by atoms with Crippen molar-refractivity contribution in [2.75, 3.05) is 24.6 Å². The van der Waals surface area contributed by atoms with Gasteiger partial charge in [0.1, 0.15) is 0 Å². The van der Waals surface area contributed by atoms with E-state index in [1.165, 1.54) is 0 Å². The molecule has 2 aliphatic heterocycles. The van der Waals surface area contributed by atoms with Crippen molar-refractivity contribution >= 4 is 9.84 Å². The van der Waals surface area contributed by atoms with Gasteiger partial charge in [-0.2, -0.15) is 0 Å². The number of hydrogen-bond acceptors (Lipinski definition) is 3. The molecular weight excluding hydrogens is 162 g/mol. The van der Waals surface area contributed by atoms with Crippen molar-refractivity contribution in [3.05, 3.63) is 7.05 Å². The minimum absolute atomic E-state index is 0.373. The summed E-state index contributed by atoms with van der Waals surface area (Å²) in [6, 6.07) is 0. The predicted molar refractivity (Wildman–Crippen MR) is 42.6 cm³/mol. The summed E-state index contributed by atoms with van der Waals surface area (Å²) in [4.78, 5) is 1.98. The molecule has 0 saturated carbocycles. The number of nitrogens with zero attached hydrogens (tertiary/aromatic N) is 1. The fourth-order valence-electron chi connectivity index (χ4n) is 2.13. The molecule has 2 heterocycles. The largest absolute Gasteiger partial charge is 0.459 e. The maximum atomic E-state index is 11.1. The van der Waals surface area contributed by atoms with Gasteiger partial charge in [0.25, 0.3) is 0 Å². The molecule has 0 aliphatic carbocycles. The third-order valence-corrected chi connectivity index (χ3v) is 4.46. The Morgan fingerprint density at radius 3 is 2.09 bits per heavy atom. The summed E-state index contributed by atoms with van der Waals surface area (Å²) in [6.07, 6.45) is 0. The Labute approximate surface area is 67.3 Å². The minimum atomic E-state index is -2.68. The zero-order chi connectivity index (χ0) is 8.06. The molecule has 4 heteroatoms. The molecular formula is C7H12NO2S-. The van der Waals surface area contributed by atoms with Crippen molar-refractivity contribution in [1.82, 2.24) is 4.90 Å². The Morgan fingerprint density at radius 1 is 1.18 bits per heavy atom. The van der Waals surface area contributed by atoms with Crippen LogP contribution in [-0.4, -0.2) is 37.9 Å². The Morgan fingerprint density at radius 2 is 1.64 bits per heavy atom. The fourth-order valence-corrected chi connectivity index (χ4v) is 4.33. The quantitative estimate of drug-likeness (QED) is 0.475. The molecule has 2 atom stereocenters. The van der Waals surface area contributed by atoms with Crippen molar-refractivity contribution in [3.63, 3.8) is 0 Å². The summed E-state index contributed by atoms with van der Waals surface area (Å²) < 4.78 is 22.2. The highest BCUT2D eigenvalue weighted by atomic mass is 32.2. The average Bonchev–Trinajstić information content (AvgIpc) is 2.17. The van der Waals surface area contributed by atoms with Crippen LogP contribution >= 0.6 is 0 Å². The number of rotatable bonds is 0. The molecule has 0 radical (unpaired) electrons. The first-order valence-electron chi connectivity index (χ1n) is 3.83. The lowest BCUT2D eigenvalue weighted by atomic mass is 10.0. The first kappa shape index (κ1) is 7.55. The van der Waals surface area contributed by atoms with Gasteiger partial charge in [0.15, 0.2) is 9.84 Å². The van der Waals surface area contributed by atoms with Gasteiger partial charge in [-0.05, 0) is 24.9 Å². The highest BCUT2D eigenvalue weighted by molar-refractivity contribution is 7.91. The van der Waals surface area contributed by atoms with Crippen LogP contribution in [0.25, 0.3) is 0 Å². The summed E-state index contributed by atoms with van der Waals surface area (Å²) in [5, 5.41) is 0. The van der Waals surface area contributed by atoms with Crippen LogP contribution in [0.5, 0.6) is 0 Å². The standard InChI is InChI=1S/C7H12NO2S/c1-8-2-6-4-11(9,10)5-7(6)3-8/h6-7H,1-5H2/q-1/t6-,7+. The summed E-state index contributed by atoms with van der Waals surface area (Å²) in [7, 11) is 1.12. The summed E-state index contributed by atoms with van der Waals surface area (Å²) >= 11 is 0. The van der Waals surface area contributed by atoms with Crippen molar-refractivity contribution in [2.45, 2.75) is 0 Å². The van der Waals surface area contributed by atoms with Gasteiger partial charge in [-0.3, -0.25) is 7.05 Å². The number of fused-ring (bicyclic) bond motifs is 1. The maximum Gasteiger partial charge on any atom is 0.150 e. The zero-order valence-electron chi connectivity index (χ0n) is 6.36. The molecule has 0 spiro atoms. The fraction of sp³-hybridized carbons (Fsp3) is 0.857. The van der Waals surface area contributed by atoms with Crippen LogP contribution in [0.1, 0.15) is 0 Å². The first-order chi connectivity index (χ1) is 5.07. The third-order valence-electron chi connectivity index (χ3n) is 2.59. The van der Waals surface area contributed by atoms with Gasteiger partial charge in [-0.15, -0.1) is 0 Å². The van der Waals surface area contributed by atoms with Crippen molar-refractivity contribution in [3.8, 4) is 0 Å². The number of hydrogen-bond donors (Lipinski definition) is 0. The zero-order valence-corrected chi connectivity index (χ0v) is 7.18. The van der Waals surface area contributed by atoms with Crippen LogP contribution in [-0.2, 0) is 9.84 Å². The van der Waals surface area contributed by atoms with Crippen LogP contribution in [0.4, 0.5) is 0 Å². The monoisotopic (exact) mass is 174 g/mol. The van der Waals surface area contributed by atoms with Crippen molar-refractivity contribution in [2.24, 2.45) is 11.8 Å². The van der Waals surface area contributed by atoms with Gasteiger partial charge in [0, 0.05) is 0 Å². The Bertz CT molecular complexity index is 240. The molecule has 2 saturated heterocycles. The molecule has 0 N–H and O–H groups in total. The lowest BCUT2D eigenvalue weighted by Crippen LogP contribution is -2.17. The maximum absolute atomic E-state index is 11.1. The van der Waals surface area contributed by atoms with E-state index in [1.807, 2.05) is 4.90 Å². The Balaban J connectivity index is 2.16. The lowest BCUT2D eigenvalue weighted by molar-refractivity contribution is 0.436. The Hall–Kier alpha value is -0.0900. The molecule has 0 aromatic heterocycles. The van der Waals surface area contributed by atoms with E-state index in [0.717, 1.165) is 13.1 Å². The summed E-state index contributed by atoms with van der Waals surface area (Å²) in [6.45, 7) is 1.73. The third kappa shape index (κ3) is 1.29. The van der Waals surface area contributed by atoms with E-state index in [2.05, 4.69) is 7.05 Å². The second-order valence-corrected chi connectivity index (χ2v) is 5.79. The second kappa shape index (κ2) is 2.20. The first-order valence-corrected chi connectivity index (χ1v) is 5.65. The predicted octanol–water partition coefficient (Wildman–Crippen LogP) is -0.246. The molecule has 0 unspecified atom stereocenters. The van der Waals surface area contributed by atoms with Gasteiger partial charge in [-0.25, -0.2) is 8.42 Å². The summed E-state index contributed by atoms with van der Waals surface area (Å²) in [5.41, 5.74) is 0. The topological polar surface area (TPSA) is 37.4 Å². The lowest BCUT2D eigenvalue weighted by Gasteiger charge is -2.17. The van der Waals surface area contributed by atoms with E-state index in [-0.39, 0.29) is 0 Å². The molecule has 0 aromatic rings. The molecule has 2 rings (SSSR count). The molecule has 2 fully saturated rings. The highest BCUT2D eigenvalue weighted by Gasteiger charge is 2.40. The number of likely N-dealkylation sites (tertiary alicyclic amines) is 1. The summed E-state index contributed by atoms with van der Waals surface area (Å²) in [5.74, 6) is 1.53. The van der Waals surface area contributed by atoms with Crippen LogP contribution in [0.2, 0.25) is 0 Å². The van der Waals surface area contributed by atoms with Crippen molar-refractivity contribution < 1.29 is 8.42 Å². The molecule has 11 heavy (non-hydrogen) atoms. The molecule has 3 nitrogen and oxygen atoms in total.